The molecule has 140 valence electrons. The van der Waals surface area contributed by atoms with Crippen LogP contribution >= 0.6 is 0 Å². The summed E-state index contributed by atoms with van der Waals surface area (Å²) < 4.78 is 11.5. The van der Waals surface area contributed by atoms with Gasteiger partial charge in [0.1, 0.15) is 18.1 Å². The predicted octanol–water partition coefficient (Wildman–Crippen LogP) is 4.50. The molecule has 0 saturated heterocycles. The minimum Gasteiger partial charge on any atom is -0.491 e. The number of nitrogens with one attached hydrogen (secondary N) is 1. The van der Waals surface area contributed by atoms with Gasteiger partial charge in [0.25, 0.3) is 5.91 Å². The van der Waals surface area contributed by atoms with Gasteiger partial charge in [-0.25, -0.2) is 0 Å². The lowest BCUT2D eigenvalue weighted by Gasteiger charge is -2.19. The highest BCUT2D eigenvalue weighted by Crippen LogP contribution is 2.21. The number of aryl methyl sites for hydroxylation is 1. The van der Waals surface area contributed by atoms with Crippen molar-refractivity contribution in [3.05, 3.63) is 72.3 Å². The summed E-state index contributed by atoms with van der Waals surface area (Å²) in [6, 6.07) is 21.6. The van der Waals surface area contributed by atoms with Crippen molar-refractivity contribution in [2.45, 2.75) is 32.9 Å². The Morgan fingerprint density at radius 2 is 1.59 bits per heavy atom. The summed E-state index contributed by atoms with van der Waals surface area (Å²) >= 11 is 0. The molecule has 1 amide bonds. The zero-order valence-electron chi connectivity index (χ0n) is 15.9. The van der Waals surface area contributed by atoms with Gasteiger partial charge in [-0.1, -0.05) is 48.0 Å². The van der Waals surface area contributed by atoms with Gasteiger partial charge in [0, 0.05) is 0 Å². The van der Waals surface area contributed by atoms with Crippen LogP contribution in [0.2, 0.25) is 0 Å². The molecule has 27 heavy (non-hydrogen) atoms. The van der Waals surface area contributed by atoms with Crippen LogP contribution in [-0.2, 0) is 4.79 Å². The van der Waals surface area contributed by atoms with Crippen molar-refractivity contribution in [1.82, 2.24) is 5.32 Å². The van der Waals surface area contributed by atoms with E-state index in [-0.39, 0.29) is 11.9 Å². The molecule has 0 saturated carbocycles. The van der Waals surface area contributed by atoms with Gasteiger partial charge in [-0.2, -0.15) is 0 Å². The summed E-state index contributed by atoms with van der Waals surface area (Å²) in [5.41, 5.74) is 1.18. The van der Waals surface area contributed by atoms with Gasteiger partial charge in [-0.3, -0.25) is 4.79 Å². The van der Waals surface area contributed by atoms with E-state index in [0.717, 1.165) is 16.5 Å². The largest absolute Gasteiger partial charge is 0.491 e. The first-order valence-corrected chi connectivity index (χ1v) is 9.16. The van der Waals surface area contributed by atoms with Gasteiger partial charge in [-0.05, 0) is 55.8 Å². The van der Waals surface area contributed by atoms with Crippen LogP contribution in [-0.4, -0.2) is 24.7 Å². The Kier molecular flexibility index (Phi) is 5.97. The summed E-state index contributed by atoms with van der Waals surface area (Å²) in [5, 5.41) is 5.16. The van der Waals surface area contributed by atoms with Crippen molar-refractivity contribution in [3.8, 4) is 11.5 Å². The van der Waals surface area contributed by atoms with Crippen LogP contribution in [0.15, 0.2) is 66.7 Å². The molecule has 3 rings (SSSR count). The Morgan fingerprint density at radius 3 is 2.33 bits per heavy atom. The molecular weight excluding hydrogens is 338 g/mol. The van der Waals surface area contributed by atoms with E-state index in [1.54, 1.807) is 6.92 Å². The molecule has 0 spiro atoms. The fourth-order valence-corrected chi connectivity index (χ4v) is 2.76. The quantitative estimate of drug-likeness (QED) is 0.672. The minimum atomic E-state index is -0.590. The lowest BCUT2D eigenvalue weighted by atomic mass is 10.1. The Morgan fingerprint density at radius 1 is 0.926 bits per heavy atom. The van der Waals surface area contributed by atoms with Gasteiger partial charge >= 0.3 is 0 Å². The number of carbonyl (C=O) groups excluding carboxylic acids is 1. The van der Waals surface area contributed by atoms with E-state index in [0.29, 0.717) is 12.4 Å². The summed E-state index contributed by atoms with van der Waals surface area (Å²) in [5.74, 6) is 1.31. The standard InChI is InChI=1S/C23H25NO3/c1-16-8-11-21(12-9-16)26-15-17(2)24-23(25)18(3)27-22-13-10-19-6-4-5-7-20(19)14-22/h4-14,17-18H,15H2,1-3H3,(H,24,25)/t17-,18+/m0/s1. The van der Waals surface area contributed by atoms with Crippen molar-refractivity contribution < 1.29 is 14.3 Å². The number of amides is 1. The maximum absolute atomic E-state index is 12.4. The van der Waals surface area contributed by atoms with Gasteiger partial charge in [0.15, 0.2) is 6.10 Å². The first kappa shape index (κ1) is 18.8. The number of hydrogen-bond donors (Lipinski definition) is 1. The predicted molar refractivity (Wildman–Crippen MR) is 108 cm³/mol. The maximum Gasteiger partial charge on any atom is 0.261 e. The molecule has 2 atom stereocenters. The molecule has 0 aromatic heterocycles. The van der Waals surface area contributed by atoms with Gasteiger partial charge < -0.3 is 14.8 Å². The topological polar surface area (TPSA) is 47.6 Å². The average molecular weight is 363 g/mol. The maximum atomic E-state index is 12.4. The van der Waals surface area contributed by atoms with Crippen LogP contribution < -0.4 is 14.8 Å². The number of rotatable bonds is 7. The van der Waals surface area contributed by atoms with Gasteiger partial charge in [0.05, 0.1) is 6.04 Å². The number of carbonyl (C=O) groups is 1. The normalized spacial score (nSPS) is 13.0. The third-order valence-electron chi connectivity index (χ3n) is 4.31. The van der Waals surface area contributed by atoms with Crippen molar-refractivity contribution in [1.29, 1.82) is 0 Å². The lowest BCUT2D eigenvalue weighted by molar-refractivity contribution is -0.128. The Hall–Kier alpha value is -3.01. The average Bonchev–Trinajstić information content (AvgIpc) is 2.67. The Bertz CT molecular complexity index is 905. The van der Waals surface area contributed by atoms with E-state index in [1.807, 2.05) is 80.6 Å². The SMILES string of the molecule is Cc1ccc(OC[C@H](C)NC(=O)[C@@H](C)Oc2ccc3ccccc3c2)cc1. The molecule has 0 aliphatic heterocycles. The summed E-state index contributed by atoms with van der Waals surface area (Å²) in [4.78, 5) is 12.4. The van der Waals surface area contributed by atoms with Crippen molar-refractivity contribution in [2.75, 3.05) is 6.61 Å². The number of hydrogen-bond acceptors (Lipinski definition) is 3. The fraction of sp³-hybridized carbons (Fsp3) is 0.261. The van der Waals surface area contributed by atoms with Crippen LogP contribution in [0.1, 0.15) is 19.4 Å². The Labute approximate surface area is 160 Å². The molecular formula is C23H25NO3. The van der Waals surface area contributed by atoms with Gasteiger partial charge in [-0.15, -0.1) is 0 Å². The van der Waals surface area contributed by atoms with E-state index in [9.17, 15) is 4.79 Å². The number of benzene rings is 3. The molecule has 0 aliphatic rings. The van der Waals surface area contributed by atoms with E-state index < -0.39 is 6.10 Å². The van der Waals surface area contributed by atoms with Crippen molar-refractivity contribution >= 4 is 16.7 Å². The van der Waals surface area contributed by atoms with Crippen LogP contribution in [0.25, 0.3) is 10.8 Å². The molecule has 0 unspecified atom stereocenters. The third kappa shape index (κ3) is 5.23. The molecule has 0 fully saturated rings. The van der Waals surface area contributed by atoms with Crippen LogP contribution in [0, 0.1) is 6.92 Å². The monoisotopic (exact) mass is 363 g/mol. The van der Waals surface area contributed by atoms with E-state index in [4.69, 9.17) is 9.47 Å². The highest BCUT2D eigenvalue weighted by atomic mass is 16.5. The van der Waals surface area contributed by atoms with Gasteiger partial charge in [0.2, 0.25) is 0 Å². The molecule has 3 aromatic rings. The second kappa shape index (κ2) is 8.58. The smallest absolute Gasteiger partial charge is 0.261 e. The van der Waals surface area contributed by atoms with E-state index in [1.165, 1.54) is 5.56 Å². The highest BCUT2D eigenvalue weighted by molar-refractivity contribution is 5.84. The third-order valence-corrected chi connectivity index (χ3v) is 4.31. The number of ether oxygens (including phenoxy) is 2. The van der Waals surface area contributed by atoms with Crippen molar-refractivity contribution in [2.24, 2.45) is 0 Å². The van der Waals surface area contributed by atoms with E-state index in [2.05, 4.69) is 5.32 Å². The Balaban J connectivity index is 1.50. The first-order chi connectivity index (χ1) is 13.0. The summed E-state index contributed by atoms with van der Waals surface area (Å²) in [6.07, 6.45) is -0.590. The zero-order chi connectivity index (χ0) is 19.2. The molecule has 4 nitrogen and oxygen atoms in total. The fourth-order valence-electron chi connectivity index (χ4n) is 2.76. The molecule has 3 aromatic carbocycles. The zero-order valence-corrected chi connectivity index (χ0v) is 15.9. The van der Waals surface area contributed by atoms with Crippen LogP contribution in [0.5, 0.6) is 11.5 Å². The molecule has 4 heteroatoms. The van der Waals surface area contributed by atoms with E-state index >= 15 is 0 Å². The molecule has 0 heterocycles. The summed E-state index contributed by atoms with van der Waals surface area (Å²) in [7, 11) is 0. The number of fused-ring (bicyclic) bond motifs is 1. The molecule has 0 aliphatic carbocycles. The highest BCUT2D eigenvalue weighted by Gasteiger charge is 2.17. The lowest BCUT2D eigenvalue weighted by Crippen LogP contribution is -2.43. The second-order valence-corrected chi connectivity index (χ2v) is 6.80. The molecule has 0 radical (unpaired) electrons. The van der Waals surface area contributed by atoms with Crippen LogP contribution in [0.3, 0.4) is 0 Å². The first-order valence-electron chi connectivity index (χ1n) is 9.16. The van der Waals surface area contributed by atoms with Crippen LogP contribution in [0.4, 0.5) is 0 Å². The molecule has 1 N–H and O–H groups in total. The second-order valence-electron chi connectivity index (χ2n) is 6.80. The van der Waals surface area contributed by atoms with Crippen molar-refractivity contribution in [3.63, 3.8) is 0 Å². The molecule has 0 bridgehead atoms. The minimum absolute atomic E-state index is 0.124. The summed E-state index contributed by atoms with van der Waals surface area (Å²) in [6.45, 7) is 6.09.